The second-order valence-corrected chi connectivity index (χ2v) is 6.99. The van der Waals surface area contributed by atoms with Crippen molar-refractivity contribution in [3.8, 4) is 0 Å². The zero-order chi connectivity index (χ0) is 17.3. The van der Waals surface area contributed by atoms with Gasteiger partial charge in [0.1, 0.15) is 5.82 Å². The summed E-state index contributed by atoms with van der Waals surface area (Å²) >= 11 is 0. The van der Waals surface area contributed by atoms with Gasteiger partial charge in [-0.2, -0.15) is 0 Å². The van der Waals surface area contributed by atoms with Crippen LogP contribution in [0, 0.1) is 11.7 Å². The van der Waals surface area contributed by atoms with Gasteiger partial charge in [-0.05, 0) is 38.7 Å². The number of halogens is 1. The van der Waals surface area contributed by atoms with Crippen LogP contribution in [0.1, 0.15) is 50.6 Å². The molecule has 24 heavy (non-hydrogen) atoms. The first-order valence-corrected chi connectivity index (χ1v) is 8.81. The fourth-order valence-corrected chi connectivity index (χ4v) is 4.08. The van der Waals surface area contributed by atoms with Crippen LogP contribution in [0.4, 0.5) is 4.39 Å². The number of carbonyl (C=O) groups excluding carboxylic acids is 2. The summed E-state index contributed by atoms with van der Waals surface area (Å²) in [5.41, 5.74) is 0.441. The van der Waals surface area contributed by atoms with Gasteiger partial charge in [0.2, 0.25) is 11.8 Å². The van der Waals surface area contributed by atoms with Crippen molar-refractivity contribution in [2.45, 2.75) is 51.1 Å². The minimum absolute atomic E-state index is 0.0287. The Morgan fingerprint density at radius 1 is 1.21 bits per heavy atom. The Morgan fingerprint density at radius 3 is 2.67 bits per heavy atom. The standard InChI is InChI=1S/C19H25FN2O2/c1-13-7-5-6-12-22(13)19(24)15-10-11-17(23)21(2)18(15)14-8-3-4-9-16(14)20/h3-4,8-9,13,15,18H,5-7,10-12H2,1-2H3/t13-,15+,18+/m1/s1. The number of rotatable bonds is 2. The molecule has 3 atom stereocenters. The molecule has 0 radical (unpaired) electrons. The van der Waals surface area contributed by atoms with Crippen molar-refractivity contribution in [1.29, 1.82) is 0 Å². The average molecular weight is 332 g/mol. The zero-order valence-corrected chi connectivity index (χ0v) is 14.4. The Balaban J connectivity index is 1.93. The lowest BCUT2D eigenvalue weighted by molar-refractivity contribution is -0.148. The molecule has 2 fully saturated rings. The third-order valence-electron chi connectivity index (χ3n) is 5.49. The van der Waals surface area contributed by atoms with E-state index in [0.717, 1.165) is 25.8 Å². The molecule has 2 heterocycles. The monoisotopic (exact) mass is 332 g/mol. The van der Waals surface area contributed by atoms with Crippen molar-refractivity contribution in [3.63, 3.8) is 0 Å². The summed E-state index contributed by atoms with van der Waals surface area (Å²) in [4.78, 5) is 28.8. The van der Waals surface area contributed by atoms with Gasteiger partial charge < -0.3 is 9.80 Å². The number of benzene rings is 1. The lowest BCUT2D eigenvalue weighted by atomic mass is 9.82. The smallest absolute Gasteiger partial charge is 0.228 e. The average Bonchev–Trinajstić information content (AvgIpc) is 2.58. The molecule has 0 bridgehead atoms. The number of nitrogens with zero attached hydrogens (tertiary/aromatic N) is 2. The minimum atomic E-state index is -0.519. The van der Waals surface area contributed by atoms with Crippen LogP contribution < -0.4 is 0 Å². The molecule has 1 aromatic carbocycles. The molecule has 4 nitrogen and oxygen atoms in total. The van der Waals surface area contributed by atoms with Gasteiger partial charge in [-0.1, -0.05) is 18.2 Å². The molecule has 2 saturated heterocycles. The van der Waals surface area contributed by atoms with E-state index in [9.17, 15) is 14.0 Å². The normalized spacial score (nSPS) is 28.1. The van der Waals surface area contributed by atoms with Crippen molar-refractivity contribution in [2.24, 2.45) is 5.92 Å². The maximum Gasteiger partial charge on any atom is 0.228 e. The Morgan fingerprint density at radius 2 is 1.96 bits per heavy atom. The molecular formula is C19H25FN2O2. The van der Waals surface area contributed by atoms with Crippen molar-refractivity contribution in [2.75, 3.05) is 13.6 Å². The van der Waals surface area contributed by atoms with Crippen LogP contribution in [0.2, 0.25) is 0 Å². The highest BCUT2D eigenvalue weighted by atomic mass is 19.1. The number of carbonyl (C=O) groups is 2. The van der Waals surface area contributed by atoms with Crippen LogP contribution in [0.15, 0.2) is 24.3 Å². The van der Waals surface area contributed by atoms with Crippen molar-refractivity contribution in [3.05, 3.63) is 35.6 Å². The van der Waals surface area contributed by atoms with Gasteiger partial charge in [0.05, 0.1) is 12.0 Å². The summed E-state index contributed by atoms with van der Waals surface area (Å²) in [6.45, 7) is 2.84. The molecule has 0 N–H and O–H groups in total. The number of hydrogen-bond acceptors (Lipinski definition) is 2. The molecule has 0 saturated carbocycles. The van der Waals surface area contributed by atoms with Crippen molar-refractivity contribution in [1.82, 2.24) is 9.80 Å². The largest absolute Gasteiger partial charge is 0.340 e. The van der Waals surface area contributed by atoms with Crippen LogP contribution in [0.3, 0.4) is 0 Å². The van der Waals surface area contributed by atoms with Gasteiger partial charge in [-0.15, -0.1) is 0 Å². The molecule has 5 heteroatoms. The number of likely N-dealkylation sites (tertiary alicyclic amines) is 2. The molecule has 2 amide bonds. The Bertz CT molecular complexity index is 634. The summed E-state index contributed by atoms with van der Waals surface area (Å²) in [7, 11) is 1.68. The lowest BCUT2D eigenvalue weighted by Crippen LogP contribution is -2.51. The molecule has 3 rings (SSSR count). The van der Waals surface area contributed by atoms with Gasteiger partial charge in [0.15, 0.2) is 0 Å². The Labute approximate surface area is 142 Å². The van der Waals surface area contributed by atoms with E-state index in [0.29, 0.717) is 18.4 Å². The first kappa shape index (κ1) is 16.9. The highest BCUT2D eigenvalue weighted by Crippen LogP contribution is 2.38. The van der Waals surface area contributed by atoms with Gasteiger partial charge in [0, 0.05) is 31.6 Å². The highest BCUT2D eigenvalue weighted by Gasteiger charge is 2.42. The topological polar surface area (TPSA) is 40.6 Å². The molecule has 0 spiro atoms. The maximum atomic E-state index is 14.4. The maximum absolute atomic E-state index is 14.4. The predicted octanol–water partition coefficient (Wildman–Crippen LogP) is 3.14. The molecule has 130 valence electrons. The first-order chi connectivity index (χ1) is 11.5. The second-order valence-electron chi connectivity index (χ2n) is 6.99. The Hall–Kier alpha value is -1.91. The number of piperidine rings is 2. The SMILES string of the molecule is C[C@@H]1CCCCN1C(=O)[C@H]1CCC(=O)N(C)[C@H]1c1ccccc1F. The third kappa shape index (κ3) is 3.04. The van der Waals surface area contributed by atoms with E-state index in [1.807, 2.05) is 4.90 Å². The van der Waals surface area contributed by atoms with E-state index in [4.69, 9.17) is 0 Å². The van der Waals surface area contributed by atoms with E-state index in [-0.39, 0.29) is 29.6 Å². The zero-order valence-electron chi connectivity index (χ0n) is 14.4. The lowest BCUT2D eigenvalue weighted by Gasteiger charge is -2.43. The van der Waals surface area contributed by atoms with Crippen LogP contribution >= 0.6 is 0 Å². The number of amides is 2. The minimum Gasteiger partial charge on any atom is -0.340 e. The first-order valence-electron chi connectivity index (χ1n) is 8.81. The fraction of sp³-hybridized carbons (Fsp3) is 0.579. The fourth-order valence-electron chi connectivity index (χ4n) is 4.08. The van der Waals surface area contributed by atoms with Crippen LogP contribution in [-0.2, 0) is 9.59 Å². The molecule has 2 aliphatic heterocycles. The molecule has 0 aliphatic carbocycles. The van der Waals surface area contributed by atoms with E-state index in [1.54, 1.807) is 30.1 Å². The molecule has 0 unspecified atom stereocenters. The van der Waals surface area contributed by atoms with Crippen molar-refractivity contribution < 1.29 is 14.0 Å². The van der Waals surface area contributed by atoms with E-state index >= 15 is 0 Å². The van der Waals surface area contributed by atoms with E-state index in [1.165, 1.54) is 6.07 Å². The molecule has 1 aromatic rings. The predicted molar refractivity (Wildman–Crippen MR) is 89.7 cm³/mol. The van der Waals surface area contributed by atoms with E-state index < -0.39 is 6.04 Å². The van der Waals surface area contributed by atoms with Crippen LogP contribution in [-0.4, -0.2) is 41.2 Å². The summed E-state index contributed by atoms with van der Waals surface area (Å²) in [5, 5.41) is 0. The van der Waals surface area contributed by atoms with Gasteiger partial charge in [0.25, 0.3) is 0 Å². The second kappa shape index (κ2) is 6.91. The van der Waals surface area contributed by atoms with Gasteiger partial charge in [-0.3, -0.25) is 9.59 Å². The summed E-state index contributed by atoms with van der Waals surface area (Å²) in [5.74, 6) is -0.688. The molecule has 2 aliphatic rings. The quantitative estimate of drug-likeness (QED) is 0.835. The van der Waals surface area contributed by atoms with Gasteiger partial charge in [-0.25, -0.2) is 4.39 Å². The summed E-state index contributed by atoms with van der Waals surface area (Å²) in [6.07, 6.45) is 4.01. The van der Waals surface area contributed by atoms with Gasteiger partial charge >= 0.3 is 0 Å². The number of hydrogen-bond donors (Lipinski definition) is 0. The van der Waals surface area contributed by atoms with Crippen molar-refractivity contribution >= 4 is 11.8 Å². The highest BCUT2D eigenvalue weighted by molar-refractivity contribution is 5.85. The summed E-state index contributed by atoms with van der Waals surface area (Å²) < 4.78 is 14.4. The molecular weight excluding hydrogens is 307 g/mol. The molecule has 0 aromatic heterocycles. The van der Waals surface area contributed by atoms with E-state index in [2.05, 4.69) is 6.92 Å². The Kier molecular flexibility index (Phi) is 4.88. The van der Waals surface area contributed by atoms with Crippen LogP contribution in [0.5, 0.6) is 0 Å². The summed E-state index contributed by atoms with van der Waals surface area (Å²) in [6, 6.07) is 6.18. The third-order valence-corrected chi connectivity index (χ3v) is 5.49. The van der Waals surface area contributed by atoms with Crippen LogP contribution in [0.25, 0.3) is 0 Å².